The van der Waals surface area contributed by atoms with E-state index in [1.807, 2.05) is 30.5 Å². The number of unbranched alkanes of at least 4 members (excludes halogenated alkanes) is 1. The highest BCUT2D eigenvalue weighted by molar-refractivity contribution is 14.0. The van der Waals surface area contributed by atoms with Crippen molar-refractivity contribution in [2.45, 2.75) is 53.0 Å². The predicted molar refractivity (Wildman–Crippen MR) is 137 cm³/mol. The van der Waals surface area contributed by atoms with Crippen molar-refractivity contribution in [2.75, 3.05) is 19.6 Å². The van der Waals surface area contributed by atoms with Crippen molar-refractivity contribution in [2.24, 2.45) is 4.99 Å². The summed E-state index contributed by atoms with van der Waals surface area (Å²) in [5.41, 5.74) is 1.76. The van der Waals surface area contributed by atoms with Crippen molar-refractivity contribution < 1.29 is 4.79 Å². The van der Waals surface area contributed by atoms with E-state index in [-0.39, 0.29) is 29.9 Å². The second-order valence-corrected chi connectivity index (χ2v) is 7.95. The number of aryl methyl sites for hydroxylation is 1. The van der Waals surface area contributed by atoms with Gasteiger partial charge in [-0.05, 0) is 37.5 Å². The minimum absolute atomic E-state index is 0. The van der Waals surface area contributed by atoms with E-state index in [4.69, 9.17) is 0 Å². The highest BCUT2D eigenvalue weighted by Crippen LogP contribution is 2.13. The Labute approximate surface area is 201 Å². The van der Waals surface area contributed by atoms with E-state index in [1.165, 1.54) is 4.88 Å². The first-order chi connectivity index (χ1) is 14.2. The normalized spacial score (nSPS) is 11.0. The fraction of sp³-hybridized carbons (Fsp3) is 0.500. The van der Waals surface area contributed by atoms with Crippen LogP contribution in [0.2, 0.25) is 0 Å². The van der Waals surface area contributed by atoms with Crippen LogP contribution in [0.4, 0.5) is 0 Å². The Morgan fingerprint density at radius 2 is 1.83 bits per heavy atom. The third-order valence-corrected chi connectivity index (χ3v) is 5.58. The monoisotopic (exact) mass is 543 g/mol. The molecule has 1 aromatic carbocycles. The Kier molecular flexibility index (Phi) is 13.3. The van der Waals surface area contributed by atoms with Crippen molar-refractivity contribution in [3.63, 3.8) is 0 Å². The average Bonchev–Trinajstić information content (AvgIpc) is 3.20. The molecule has 0 spiro atoms. The summed E-state index contributed by atoms with van der Waals surface area (Å²) in [5, 5.41) is 10.7. The molecule has 166 valence electrons. The van der Waals surface area contributed by atoms with Crippen LogP contribution in [0, 0.1) is 0 Å². The molecule has 8 heteroatoms. The van der Waals surface area contributed by atoms with Gasteiger partial charge in [0.2, 0.25) is 0 Å². The number of carbonyl (C=O) groups is 1. The second-order valence-electron chi connectivity index (χ2n) is 6.75. The van der Waals surface area contributed by atoms with Gasteiger partial charge in [-0.15, -0.1) is 35.3 Å². The van der Waals surface area contributed by atoms with Crippen molar-refractivity contribution >= 4 is 47.2 Å². The number of carbonyl (C=O) groups excluding carboxylic acids is 1. The first-order valence-corrected chi connectivity index (χ1v) is 11.3. The van der Waals surface area contributed by atoms with Crippen molar-refractivity contribution in [1.29, 1.82) is 0 Å². The summed E-state index contributed by atoms with van der Waals surface area (Å²) in [6, 6.07) is 7.65. The van der Waals surface area contributed by atoms with E-state index in [0.29, 0.717) is 12.1 Å². The summed E-state index contributed by atoms with van der Waals surface area (Å²) in [7, 11) is 0. The van der Waals surface area contributed by atoms with Crippen LogP contribution in [0.5, 0.6) is 0 Å². The van der Waals surface area contributed by atoms with Gasteiger partial charge in [0.1, 0.15) is 0 Å². The van der Waals surface area contributed by atoms with Gasteiger partial charge >= 0.3 is 0 Å². The van der Waals surface area contributed by atoms with Crippen molar-refractivity contribution in [3.05, 3.63) is 51.5 Å². The number of nitrogens with one attached hydrogen (secondary N) is 3. The van der Waals surface area contributed by atoms with Crippen LogP contribution in [0.3, 0.4) is 0 Å². The smallest absolute Gasteiger partial charge is 0.251 e. The molecule has 1 amide bonds. The number of aromatic nitrogens is 1. The molecule has 3 N–H and O–H groups in total. The van der Waals surface area contributed by atoms with Crippen LogP contribution in [0.15, 0.2) is 35.5 Å². The summed E-state index contributed by atoms with van der Waals surface area (Å²) in [6.45, 7) is 9.19. The predicted octanol–water partition coefficient (Wildman–Crippen LogP) is 4.15. The van der Waals surface area contributed by atoms with Gasteiger partial charge < -0.3 is 16.0 Å². The summed E-state index contributed by atoms with van der Waals surface area (Å²) in [5.74, 6) is 0.776. The molecule has 2 aromatic rings. The van der Waals surface area contributed by atoms with Crippen LogP contribution in [0.1, 0.15) is 59.4 Å². The third kappa shape index (κ3) is 9.42. The Bertz CT molecular complexity index is 776. The average molecular weight is 544 g/mol. The maximum absolute atomic E-state index is 12.1. The van der Waals surface area contributed by atoms with E-state index in [9.17, 15) is 4.79 Å². The molecule has 1 heterocycles. The number of halogens is 1. The first-order valence-electron chi connectivity index (χ1n) is 10.5. The molecule has 0 saturated carbocycles. The quantitative estimate of drug-likeness (QED) is 0.172. The molecule has 0 saturated heterocycles. The molecule has 0 aliphatic rings. The van der Waals surface area contributed by atoms with E-state index in [2.05, 4.69) is 46.7 Å². The molecule has 1 aromatic heterocycles. The lowest BCUT2D eigenvalue weighted by Gasteiger charge is -2.11. The Balaban J connectivity index is 0.00000450. The third-order valence-electron chi connectivity index (χ3n) is 4.38. The summed E-state index contributed by atoms with van der Waals surface area (Å²) < 4.78 is 0. The number of guanidine groups is 1. The van der Waals surface area contributed by atoms with E-state index in [1.54, 1.807) is 11.3 Å². The minimum atomic E-state index is -0.0167. The van der Waals surface area contributed by atoms with E-state index < -0.39 is 0 Å². The summed E-state index contributed by atoms with van der Waals surface area (Å²) in [6.07, 6.45) is 5.96. The van der Waals surface area contributed by atoms with Crippen LogP contribution < -0.4 is 16.0 Å². The topological polar surface area (TPSA) is 78.4 Å². The zero-order valence-electron chi connectivity index (χ0n) is 18.2. The van der Waals surface area contributed by atoms with Gasteiger partial charge in [0, 0.05) is 42.7 Å². The molecule has 0 fully saturated rings. The van der Waals surface area contributed by atoms with E-state index >= 15 is 0 Å². The highest BCUT2D eigenvalue weighted by atomic mass is 127. The molecule has 0 unspecified atom stereocenters. The molecule has 6 nitrogen and oxygen atoms in total. The standard InChI is InChI=1S/C22H33N5OS.HI/c1-4-7-13-24-21(28)18-10-8-17(9-11-18)15-27-22(23-6-3)25-14-12-20-26-16-19(5-2)29-20;/h8-11,16H,4-7,12-15H2,1-3H3,(H,24,28)(H2,23,25,27);1H. The fourth-order valence-corrected chi connectivity index (χ4v) is 3.53. The first kappa shape index (κ1) is 26.4. The molecular weight excluding hydrogens is 509 g/mol. The van der Waals surface area contributed by atoms with Crippen molar-refractivity contribution in [1.82, 2.24) is 20.9 Å². The van der Waals surface area contributed by atoms with Gasteiger partial charge in [0.25, 0.3) is 5.91 Å². The highest BCUT2D eigenvalue weighted by Gasteiger charge is 2.05. The van der Waals surface area contributed by atoms with E-state index in [0.717, 1.165) is 61.8 Å². The molecule has 0 atom stereocenters. The maximum atomic E-state index is 12.1. The number of hydrogen-bond donors (Lipinski definition) is 3. The lowest BCUT2D eigenvalue weighted by Crippen LogP contribution is -2.38. The summed E-state index contributed by atoms with van der Waals surface area (Å²) in [4.78, 5) is 22.5. The van der Waals surface area contributed by atoms with Crippen LogP contribution in [0.25, 0.3) is 0 Å². The zero-order valence-corrected chi connectivity index (χ0v) is 21.3. The van der Waals surface area contributed by atoms with Gasteiger partial charge in [-0.25, -0.2) is 9.98 Å². The number of rotatable bonds is 11. The number of benzene rings is 1. The van der Waals surface area contributed by atoms with Crippen molar-refractivity contribution in [3.8, 4) is 0 Å². The zero-order chi connectivity index (χ0) is 20.9. The Morgan fingerprint density at radius 3 is 2.47 bits per heavy atom. The summed E-state index contributed by atoms with van der Waals surface area (Å²) >= 11 is 1.77. The van der Waals surface area contributed by atoms with Gasteiger partial charge in [0.15, 0.2) is 5.96 Å². The number of nitrogens with zero attached hydrogens (tertiary/aromatic N) is 2. The lowest BCUT2D eigenvalue weighted by molar-refractivity contribution is 0.0953. The van der Waals surface area contributed by atoms with Crippen LogP contribution >= 0.6 is 35.3 Å². The number of thiazole rings is 1. The van der Waals surface area contributed by atoms with Gasteiger partial charge in [0.05, 0.1) is 11.6 Å². The fourth-order valence-electron chi connectivity index (χ4n) is 2.67. The van der Waals surface area contributed by atoms with Crippen LogP contribution in [-0.4, -0.2) is 36.5 Å². The lowest BCUT2D eigenvalue weighted by atomic mass is 10.1. The molecule has 0 radical (unpaired) electrons. The van der Waals surface area contributed by atoms with Gasteiger partial charge in [-0.1, -0.05) is 32.4 Å². The van der Waals surface area contributed by atoms with Gasteiger partial charge in [-0.2, -0.15) is 0 Å². The largest absolute Gasteiger partial charge is 0.357 e. The number of hydrogen-bond acceptors (Lipinski definition) is 4. The van der Waals surface area contributed by atoms with Gasteiger partial charge in [-0.3, -0.25) is 4.79 Å². The minimum Gasteiger partial charge on any atom is -0.357 e. The molecule has 0 aliphatic heterocycles. The molecule has 0 bridgehead atoms. The number of aliphatic imine (C=N–C) groups is 1. The molecule has 30 heavy (non-hydrogen) atoms. The Hall–Kier alpha value is -1.68. The van der Waals surface area contributed by atoms with Crippen LogP contribution in [-0.2, 0) is 19.4 Å². The Morgan fingerprint density at radius 1 is 1.07 bits per heavy atom. The SMILES string of the molecule is CCCCNC(=O)c1ccc(CN=C(NCC)NCCc2ncc(CC)s2)cc1.I. The number of amides is 1. The molecule has 2 rings (SSSR count). The molecular formula is C22H34IN5OS. The second kappa shape index (κ2) is 15.2. The maximum Gasteiger partial charge on any atom is 0.251 e. The molecule has 0 aliphatic carbocycles.